The molecule has 2 aromatic carbocycles. The molecule has 0 N–H and O–H groups in total. The van der Waals surface area contributed by atoms with Gasteiger partial charge in [0.05, 0.1) is 5.56 Å². The van der Waals surface area contributed by atoms with Crippen LogP contribution in [-0.4, -0.2) is 10.9 Å². The lowest BCUT2D eigenvalue weighted by Gasteiger charge is -2.30. The number of hydrogen-bond acceptors (Lipinski definition) is 5. The van der Waals surface area contributed by atoms with E-state index in [1.165, 1.54) is 48.7 Å². The maximum Gasteiger partial charge on any atom is 0.417 e. The molecule has 1 aliphatic rings. The largest absolute Gasteiger partial charge is 0.443 e. The van der Waals surface area contributed by atoms with Crippen LogP contribution >= 0.6 is 23.2 Å². The molecule has 1 amide bonds. The molecule has 0 fully saturated rings. The van der Waals surface area contributed by atoms with Gasteiger partial charge in [-0.25, -0.2) is 9.78 Å². The Bertz CT molecular complexity index is 1300. The second-order valence-electron chi connectivity index (χ2n) is 6.78. The fourth-order valence-electron chi connectivity index (χ4n) is 2.97. The topological polar surface area (TPSA) is 72.2 Å². The molecule has 0 saturated carbocycles. The van der Waals surface area contributed by atoms with Crippen molar-refractivity contribution in [2.45, 2.75) is 6.18 Å². The number of benzene rings is 2. The molecule has 6 nitrogen and oxygen atoms in total. The number of halogens is 5. The van der Waals surface area contributed by atoms with E-state index in [0.717, 1.165) is 12.1 Å². The number of aromatic nitrogens is 1. The number of carbonyl (C=O) groups excluding carboxylic acids is 1. The minimum atomic E-state index is -4.49. The zero-order valence-electron chi connectivity index (χ0n) is 16.3. The van der Waals surface area contributed by atoms with E-state index in [1.54, 1.807) is 0 Å². The number of alkyl halides is 3. The summed E-state index contributed by atoms with van der Waals surface area (Å²) in [7, 11) is 0. The Morgan fingerprint density at radius 3 is 2.15 bits per heavy atom. The van der Waals surface area contributed by atoms with Crippen LogP contribution in [0.15, 0.2) is 72.8 Å². The summed E-state index contributed by atoms with van der Waals surface area (Å²) >= 11 is 12.0. The van der Waals surface area contributed by atoms with Crippen LogP contribution in [-0.2, 0) is 11.0 Å². The lowest BCUT2D eigenvalue weighted by molar-refractivity contribution is -0.137. The maximum absolute atomic E-state index is 12.7. The molecule has 33 heavy (non-hydrogen) atoms. The number of carbonyl (C=O) groups is 1. The zero-order valence-corrected chi connectivity index (χ0v) is 17.8. The van der Waals surface area contributed by atoms with Crippen molar-refractivity contribution in [1.29, 1.82) is 5.26 Å². The van der Waals surface area contributed by atoms with Gasteiger partial charge in [0.15, 0.2) is 11.9 Å². The first kappa shape index (κ1) is 22.6. The van der Waals surface area contributed by atoms with Crippen LogP contribution in [0, 0.1) is 11.5 Å². The van der Waals surface area contributed by atoms with Crippen molar-refractivity contribution < 1.29 is 27.4 Å². The van der Waals surface area contributed by atoms with Crippen LogP contribution in [0.4, 0.5) is 18.9 Å². The van der Waals surface area contributed by atoms with Gasteiger partial charge in [0.2, 0.25) is 5.88 Å². The predicted octanol–water partition coefficient (Wildman–Crippen LogP) is 6.45. The lowest BCUT2D eigenvalue weighted by atomic mass is 10.1. The van der Waals surface area contributed by atoms with Crippen LogP contribution in [0.2, 0.25) is 10.0 Å². The summed E-state index contributed by atoms with van der Waals surface area (Å²) in [5.74, 6) is -0.125. The van der Waals surface area contributed by atoms with E-state index >= 15 is 0 Å². The van der Waals surface area contributed by atoms with Gasteiger partial charge in [-0.3, -0.25) is 0 Å². The molecule has 166 valence electrons. The monoisotopic (exact) mass is 492 g/mol. The highest BCUT2D eigenvalue weighted by atomic mass is 35.5. The Kier molecular flexibility index (Phi) is 5.76. The number of nitrogens with zero attached hydrogens (tertiary/aromatic N) is 3. The van der Waals surface area contributed by atoms with Crippen molar-refractivity contribution in [3.63, 3.8) is 0 Å². The molecule has 0 spiro atoms. The summed E-state index contributed by atoms with van der Waals surface area (Å²) in [5, 5.41) is 10.1. The van der Waals surface area contributed by atoms with E-state index in [9.17, 15) is 23.2 Å². The first-order valence-corrected chi connectivity index (χ1v) is 9.90. The van der Waals surface area contributed by atoms with E-state index in [2.05, 4.69) is 4.98 Å². The number of nitriles is 1. The molecule has 0 saturated heterocycles. The minimum Gasteiger partial charge on any atom is -0.443 e. The van der Waals surface area contributed by atoms with Gasteiger partial charge < -0.3 is 9.47 Å². The SMILES string of the molecule is N#C[N+]1(c2ccc(Cl)cc2Cl)C=C(Oc2ccc(Oc3ccc(C(F)(F)F)cn3)cc2)C1=O. The van der Waals surface area contributed by atoms with Crippen molar-refractivity contribution in [1.82, 2.24) is 9.47 Å². The molecule has 1 aromatic heterocycles. The molecule has 1 aliphatic heterocycles. The molecule has 11 heteroatoms. The molecule has 1 unspecified atom stereocenters. The van der Waals surface area contributed by atoms with E-state index in [0.29, 0.717) is 17.0 Å². The molecule has 4 rings (SSSR count). The average molecular weight is 493 g/mol. The van der Waals surface area contributed by atoms with E-state index < -0.39 is 22.1 Å². The Labute approximate surface area is 195 Å². The first-order chi connectivity index (χ1) is 15.6. The van der Waals surface area contributed by atoms with Gasteiger partial charge in [-0.2, -0.15) is 13.2 Å². The van der Waals surface area contributed by atoms with Crippen LogP contribution in [0.5, 0.6) is 17.4 Å². The Balaban J connectivity index is 1.46. The summed E-state index contributed by atoms with van der Waals surface area (Å²) in [6.07, 6.45) is -0.586. The zero-order chi connectivity index (χ0) is 23.8. The summed E-state index contributed by atoms with van der Waals surface area (Å²) in [6.45, 7) is 0. The standard InChI is InChI=1S/C22H11Cl2F3N3O3/c23-14-2-7-18(17(24)9-14)30(12-28)11-19(21(30)31)32-15-3-5-16(6-4-15)33-20-8-1-13(10-29-20)22(25,26)27/h1-11H/q+1. The molecule has 0 aliphatic carbocycles. The second-order valence-corrected chi connectivity index (χ2v) is 7.62. The number of pyridine rings is 1. The molecule has 0 radical (unpaired) electrons. The Morgan fingerprint density at radius 2 is 1.64 bits per heavy atom. The highest BCUT2D eigenvalue weighted by Gasteiger charge is 2.54. The van der Waals surface area contributed by atoms with Crippen molar-refractivity contribution in [3.05, 3.63) is 88.4 Å². The third-order valence-corrected chi connectivity index (χ3v) is 5.16. The van der Waals surface area contributed by atoms with Crippen LogP contribution in [0.3, 0.4) is 0 Å². The predicted molar refractivity (Wildman–Crippen MR) is 113 cm³/mol. The normalized spacial score (nSPS) is 17.6. The summed E-state index contributed by atoms with van der Waals surface area (Å²) in [6, 6.07) is 12.4. The number of amides is 1. The Hall–Kier alpha value is -3.58. The van der Waals surface area contributed by atoms with Gasteiger partial charge in [-0.05, 0) is 42.5 Å². The highest BCUT2D eigenvalue weighted by Crippen LogP contribution is 2.40. The van der Waals surface area contributed by atoms with Crippen molar-refractivity contribution in [2.24, 2.45) is 0 Å². The van der Waals surface area contributed by atoms with Crippen LogP contribution in [0.25, 0.3) is 0 Å². The third kappa shape index (κ3) is 4.36. The molecule has 3 aromatic rings. The Morgan fingerprint density at radius 1 is 0.970 bits per heavy atom. The number of rotatable bonds is 5. The summed E-state index contributed by atoms with van der Waals surface area (Å²) < 4.78 is 48.0. The van der Waals surface area contributed by atoms with Gasteiger partial charge in [0.1, 0.15) is 16.5 Å². The van der Waals surface area contributed by atoms with E-state index in [1.807, 2.05) is 6.19 Å². The minimum absolute atomic E-state index is 0.0236. The van der Waals surface area contributed by atoms with Crippen molar-refractivity contribution in [2.75, 3.05) is 0 Å². The van der Waals surface area contributed by atoms with Gasteiger partial charge in [0, 0.05) is 23.4 Å². The molecular weight excluding hydrogens is 482 g/mol. The fourth-order valence-corrected chi connectivity index (χ4v) is 3.52. The van der Waals surface area contributed by atoms with Crippen molar-refractivity contribution in [3.8, 4) is 23.6 Å². The van der Waals surface area contributed by atoms with Crippen LogP contribution in [0.1, 0.15) is 5.56 Å². The fraction of sp³-hybridized carbons (Fsp3) is 0.0455. The molecular formula is C22H11Cl2F3N3O3+. The molecule has 1 atom stereocenters. The number of hydrogen-bond donors (Lipinski definition) is 0. The average Bonchev–Trinajstić information content (AvgIpc) is 2.77. The quantitative estimate of drug-likeness (QED) is 0.302. The number of ether oxygens (including phenoxy) is 2. The molecule has 0 bridgehead atoms. The van der Waals surface area contributed by atoms with E-state index in [4.69, 9.17) is 32.7 Å². The number of quaternary nitrogens is 1. The third-order valence-electron chi connectivity index (χ3n) is 4.63. The van der Waals surface area contributed by atoms with Gasteiger partial charge in [-0.1, -0.05) is 27.7 Å². The van der Waals surface area contributed by atoms with Crippen LogP contribution < -0.4 is 14.0 Å². The van der Waals surface area contributed by atoms with E-state index in [-0.39, 0.29) is 28.1 Å². The van der Waals surface area contributed by atoms with Gasteiger partial charge >= 0.3 is 18.3 Å². The molecule has 2 heterocycles. The lowest BCUT2D eigenvalue weighted by Crippen LogP contribution is -2.55. The first-order valence-electron chi connectivity index (χ1n) is 9.15. The van der Waals surface area contributed by atoms with Crippen molar-refractivity contribution >= 4 is 34.8 Å². The smallest absolute Gasteiger partial charge is 0.417 e. The highest BCUT2D eigenvalue weighted by molar-refractivity contribution is 6.37. The second kappa shape index (κ2) is 8.41. The summed E-state index contributed by atoms with van der Waals surface area (Å²) in [4.78, 5) is 16.3. The van der Waals surface area contributed by atoms with Gasteiger partial charge in [0.25, 0.3) is 5.76 Å². The maximum atomic E-state index is 12.7. The summed E-state index contributed by atoms with van der Waals surface area (Å²) in [5.41, 5.74) is -0.641. The van der Waals surface area contributed by atoms with Gasteiger partial charge in [-0.15, -0.1) is 5.26 Å².